The fourth-order valence-corrected chi connectivity index (χ4v) is 1.85. The predicted octanol–water partition coefficient (Wildman–Crippen LogP) is 0.906. The fraction of sp³-hybridized carbons (Fsp3) is 0.500. The summed E-state index contributed by atoms with van der Waals surface area (Å²) in [5.74, 6) is -0.168. The van der Waals surface area contributed by atoms with Gasteiger partial charge in [0.05, 0.1) is 0 Å². The van der Waals surface area contributed by atoms with E-state index in [4.69, 9.17) is 0 Å². The van der Waals surface area contributed by atoms with Crippen LogP contribution in [-0.2, 0) is 0 Å². The van der Waals surface area contributed by atoms with Crippen LogP contribution in [0.5, 0.6) is 0 Å². The van der Waals surface area contributed by atoms with E-state index in [1.165, 1.54) is 11.3 Å². The standard InChI is InChI=1S/C4H6N4O2S2/c1-5-3-6-7-4(12-3)11-2-8(9)10/h2H2,1H3,(H,5,6). The Labute approximate surface area is 76.5 Å². The zero-order valence-electron chi connectivity index (χ0n) is 6.18. The molecule has 0 fully saturated rings. The van der Waals surface area contributed by atoms with Crippen LogP contribution in [0.25, 0.3) is 0 Å². The first-order chi connectivity index (χ1) is 5.72. The Morgan fingerprint density at radius 3 is 3.00 bits per heavy atom. The van der Waals surface area contributed by atoms with Crippen molar-refractivity contribution in [1.29, 1.82) is 0 Å². The summed E-state index contributed by atoms with van der Waals surface area (Å²) in [6.07, 6.45) is 0. The van der Waals surface area contributed by atoms with Gasteiger partial charge in [0, 0.05) is 12.0 Å². The van der Waals surface area contributed by atoms with E-state index in [1.807, 2.05) is 0 Å². The van der Waals surface area contributed by atoms with Gasteiger partial charge in [-0.25, -0.2) is 0 Å². The molecule has 0 aliphatic heterocycles. The van der Waals surface area contributed by atoms with Crippen molar-refractivity contribution < 1.29 is 4.92 Å². The van der Waals surface area contributed by atoms with Crippen molar-refractivity contribution in [2.75, 3.05) is 18.2 Å². The highest BCUT2D eigenvalue weighted by atomic mass is 32.2. The van der Waals surface area contributed by atoms with Crippen molar-refractivity contribution in [3.63, 3.8) is 0 Å². The quantitative estimate of drug-likeness (QED) is 0.341. The lowest BCUT2D eigenvalue weighted by Gasteiger charge is -1.87. The van der Waals surface area contributed by atoms with Crippen LogP contribution in [0.2, 0.25) is 0 Å². The van der Waals surface area contributed by atoms with E-state index < -0.39 is 4.92 Å². The van der Waals surface area contributed by atoms with Gasteiger partial charge < -0.3 is 5.32 Å². The second-order valence-corrected chi connectivity index (χ2v) is 3.90. The molecule has 0 bridgehead atoms. The summed E-state index contributed by atoms with van der Waals surface area (Å²) in [7, 11) is 1.72. The van der Waals surface area contributed by atoms with E-state index in [0.29, 0.717) is 9.47 Å². The molecule has 8 heteroatoms. The Balaban J connectivity index is 2.47. The molecule has 1 aromatic heterocycles. The number of aromatic nitrogens is 2. The average Bonchev–Trinajstić information content (AvgIpc) is 2.48. The van der Waals surface area contributed by atoms with Crippen molar-refractivity contribution in [3.8, 4) is 0 Å². The highest BCUT2D eigenvalue weighted by molar-refractivity contribution is 8.00. The minimum absolute atomic E-state index is 0.168. The number of anilines is 1. The fourth-order valence-electron chi connectivity index (χ4n) is 0.477. The molecule has 66 valence electrons. The number of nitrogens with one attached hydrogen (secondary N) is 1. The van der Waals surface area contributed by atoms with E-state index in [1.54, 1.807) is 7.05 Å². The van der Waals surface area contributed by atoms with Crippen molar-refractivity contribution >= 4 is 28.2 Å². The van der Waals surface area contributed by atoms with Gasteiger partial charge in [-0.05, 0) is 11.8 Å². The molecule has 0 unspecified atom stereocenters. The molecule has 0 radical (unpaired) electrons. The maximum Gasteiger partial charge on any atom is 0.255 e. The van der Waals surface area contributed by atoms with E-state index in [2.05, 4.69) is 15.5 Å². The third-order valence-electron chi connectivity index (χ3n) is 0.914. The molecule has 1 heterocycles. The smallest absolute Gasteiger partial charge is 0.255 e. The number of thioether (sulfide) groups is 1. The number of nitrogens with zero attached hydrogens (tertiary/aromatic N) is 3. The second-order valence-electron chi connectivity index (χ2n) is 1.73. The molecular weight excluding hydrogens is 200 g/mol. The summed E-state index contributed by atoms with van der Waals surface area (Å²) in [6.45, 7) is 0. The Kier molecular flexibility index (Phi) is 3.23. The summed E-state index contributed by atoms with van der Waals surface area (Å²) in [5.41, 5.74) is 0. The molecule has 0 saturated heterocycles. The highest BCUT2D eigenvalue weighted by Gasteiger charge is 2.06. The zero-order chi connectivity index (χ0) is 8.97. The van der Waals surface area contributed by atoms with Crippen LogP contribution in [-0.4, -0.2) is 28.0 Å². The van der Waals surface area contributed by atoms with E-state index in [9.17, 15) is 10.1 Å². The lowest BCUT2D eigenvalue weighted by atomic mass is 11.1. The topological polar surface area (TPSA) is 81.0 Å². The van der Waals surface area contributed by atoms with Crippen LogP contribution < -0.4 is 5.32 Å². The maximum atomic E-state index is 9.97. The maximum absolute atomic E-state index is 9.97. The zero-order valence-corrected chi connectivity index (χ0v) is 7.81. The van der Waals surface area contributed by atoms with Gasteiger partial charge in [0.2, 0.25) is 5.13 Å². The van der Waals surface area contributed by atoms with Crippen molar-refractivity contribution in [2.24, 2.45) is 0 Å². The molecule has 12 heavy (non-hydrogen) atoms. The molecule has 0 saturated carbocycles. The molecule has 1 N–H and O–H groups in total. The van der Waals surface area contributed by atoms with Crippen molar-refractivity contribution in [1.82, 2.24) is 10.2 Å². The largest absolute Gasteiger partial charge is 0.363 e. The monoisotopic (exact) mass is 206 g/mol. The van der Waals surface area contributed by atoms with Gasteiger partial charge in [0.15, 0.2) is 4.34 Å². The molecule has 0 spiro atoms. The molecule has 0 amide bonds. The summed E-state index contributed by atoms with van der Waals surface area (Å²) in [5, 5.41) is 20.9. The molecule has 0 aliphatic rings. The van der Waals surface area contributed by atoms with Crippen molar-refractivity contribution in [3.05, 3.63) is 10.1 Å². The molecular formula is C4H6N4O2S2. The lowest BCUT2D eigenvalue weighted by molar-refractivity contribution is -0.456. The normalized spacial score (nSPS) is 9.75. The van der Waals surface area contributed by atoms with Crippen LogP contribution in [0.1, 0.15) is 0 Å². The first-order valence-corrected chi connectivity index (χ1v) is 4.78. The molecule has 0 aromatic carbocycles. The Morgan fingerprint density at radius 2 is 2.50 bits per heavy atom. The molecule has 0 aliphatic carbocycles. The van der Waals surface area contributed by atoms with E-state index >= 15 is 0 Å². The third-order valence-corrected chi connectivity index (χ3v) is 2.92. The number of hydrogen-bond donors (Lipinski definition) is 1. The third kappa shape index (κ3) is 2.62. The van der Waals surface area contributed by atoms with Crippen LogP contribution in [0.3, 0.4) is 0 Å². The minimum Gasteiger partial charge on any atom is -0.363 e. The highest BCUT2D eigenvalue weighted by Crippen LogP contribution is 2.24. The van der Waals surface area contributed by atoms with Gasteiger partial charge in [0.1, 0.15) is 0 Å². The Morgan fingerprint density at radius 1 is 1.75 bits per heavy atom. The molecule has 0 atom stereocenters. The molecule has 1 aromatic rings. The van der Waals surface area contributed by atoms with Crippen LogP contribution in [0.15, 0.2) is 4.34 Å². The van der Waals surface area contributed by atoms with Crippen LogP contribution >= 0.6 is 23.1 Å². The number of hydrogen-bond acceptors (Lipinski definition) is 7. The molecule has 6 nitrogen and oxygen atoms in total. The molecule has 1 rings (SSSR count). The average molecular weight is 206 g/mol. The lowest BCUT2D eigenvalue weighted by Crippen LogP contribution is -1.94. The van der Waals surface area contributed by atoms with Crippen LogP contribution in [0.4, 0.5) is 5.13 Å². The summed E-state index contributed by atoms with van der Waals surface area (Å²) < 4.78 is 0.607. The van der Waals surface area contributed by atoms with Gasteiger partial charge in [-0.1, -0.05) is 11.3 Å². The van der Waals surface area contributed by atoms with Gasteiger partial charge >= 0.3 is 0 Å². The summed E-state index contributed by atoms with van der Waals surface area (Å²) in [4.78, 5) is 9.58. The van der Waals surface area contributed by atoms with Gasteiger partial charge in [-0.15, -0.1) is 10.2 Å². The van der Waals surface area contributed by atoms with Crippen LogP contribution in [0, 0.1) is 10.1 Å². The van der Waals surface area contributed by atoms with E-state index in [-0.39, 0.29) is 5.88 Å². The van der Waals surface area contributed by atoms with Crippen molar-refractivity contribution in [2.45, 2.75) is 4.34 Å². The summed E-state index contributed by atoms with van der Waals surface area (Å²) >= 11 is 2.37. The predicted molar refractivity (Wildman–Crippen MR) is 47.2 cm³/mol. The Hall–Kier alpha value is -0.890. The SMILES string of the molecule is CNc1nnc(SC[N+](=O)[O-])s1. The first-order valence-electron chi connectivity index (χ1n) is 2.98. The first kappa shape index (κ1) is 9.20. The minimum atomic E-state index is -0.398. The van der Waals surface area contributed by atoms with Gasteiger partial charge in [0.25, 0.3) is 5.88 Å². The van der Waals surface area contributed by atoms with Gasteiger partial charge in [-0.2, -0.15) is 0 Å². The number of rotatable bonds is 4. The van der Waals surface area contributed by atoms with Gasteiger partial charge in [-0.3, -0.25) is 10.1 Å². The second kappa shape index (κ2) is 4.21. The Bertz CT molecular complexity index is 276. The summed E-state index contributed by atoms with van der Waals surface area (Å²) in [6, 6.07) is 0. The van der Waals surface area contributed by atoms with E-state index in [0.717, 1.165) is 11.8 Å². The number of nitro groups is 1.